The van der Waals surface area contributed by atoms with Crippen LogP contribution in [0.3, 0.4) is 0 Å². The highest BCUT2D eigenvalue weighted by Gasteiger charge is 2.20. The number of benzene rings is 1. The number of phenolic OH excluding ortho intramolecular Hbond substituents is 2. The summed E-state index contributed by atoms with van der Waals surface area (Å²) in [5.41, 5.74) is 3.79. The third-order valence-corrected chi connectivity index (χ3v) is 4.72. The third kappa shape index (κ3) is 2.71. The van der Waals surface area contributed by atoms with Gasteiger partial charge in [0.1, 0.15) is 17.3 Å². The summed E-state index contributed by atoms with van der Waals surface area (Å²) in [4.78, 5) is 11.2. The van der Waals surface area contributed by atoms with E-state index in [-0.39, 0.29) is 18.0 Å². The summed E-state index contributed by atoms with van der Waals surface area (Å²) in [6.45, 7) is 1.74. The van der Waals surface area contributed by atoms with Gasteiger partial charge in [0.15, 0.2) is 5.65 Å². The first-order valence-corrected chi connectivity index (χ1v) is 8.50. The fraction of sp³-hybridized carbons (Fsp3) is 0.235. The molecule has 3 N–H and O–H groups in total. The minimum atomic E-state index is 0.0724. The predicted octanol–water partition coefficient (Wildman–Crippen LogP) is 0.967. The maximum atomic E-state index is 10.0. The molecule has 0 spiro atoms. The Hall–Kier alpha value is -3.69. The summed E-state index contributed by atoms with van der Waals surface area (Å²) in [6.07, 6.45) is 4.39. The number of H-pyrrole nitrogens is 1. The Morgan fingerprint density at radius 3 is 3.04 bits per heavy atom. The van der Waals surface area contributed by atoms with E-state index < -0.39 is 0 Å². The number of hydrogen-bond acceptors (Lipinski definition) is 8. The summed E-state index contributed by atoms with van der Waals surface area (Å²) in [5.74, 6) is 0.880. The lowest BCUT2D eigenvalue weighted by molar-refractivity contribution is 0.450. The van der Waals surface area contributed by atoms with Crippen molar-refractivity contribution in [1.82, 2.24) is 35.2 Å². The summed E-state index contributed by atoms with van der Waals surface area (Å²) < 4.78 is 1.56. The Morgan fingerprint density at radius 1 is 1.19 bits per heavy atom. The van der Waals surface area contributed by atoms with Crippen LogP contribution >= 0.6 is 0 Å². The van der Waals surface area contributed by atoms with E-state index in [4.69, 9.17) is 4.98 Å². The lowest BCUT2D eigenvalue weighted by Crippen LogP contribution is -2.30. The number of hydrogen-bond donors (Lipinski definition) is 3. The quantitative estimate of drug-likeness (QED) is 0.459. The van der Waals surface area contributed by atoms with Crippen LogP contribution in [-0.4, -0.2) is 51.9 Å². The van der Waals surface area contributed by atoms with Gasteiger partial charge < -0.3 is 15.1 Å². The summed E-state index contributed by atoms with van der Waals surface area (Å²) in [6, 6.07) is 4.36. The first-order valence-electron chi connectivity index (χ1n) is 8.50. The number of fused-ring (bicyclic) bond motifs is 2. The largest absolute Gasteiger partial charge is 0.508 e. The van der Waals surface area contributed by atoms with Crippen LogP contribution < -0.4 is 4.90 Å². The summed E-state index contributed by atoms with van der Waals surface area (Å²) in [7, 11) is 0. The van der Waals surface area contributed by atoms with Crippen molar-refractivity contribution in [1.29, 1.82) is 0 Å². The highest BCUT2D eigenvalue weighted by molar-refractivity contribution is 5.67. The first-order chi connectivity index (χ1) is 13.2. The normalized spacial score (nSPS) is 13.9. The molecule has 5 rings (SSSR count). The van der Waals surface area contributed by atoms with Crippen LogP contribution in [0.15, 0.2) is 30.6 Å². The zero-order valence-corrected chi connectivity index (χ0v) is 14.2. The molecule has 0 amide bonds. The Kier molecular flexibility index (Phi) is 3.42. The van der Waals surface area contributed by atoms with E-state index in [1.807, 2.05) is 6.20 Å². The molecule has 4 aromatic rings. The van der Waals surface area contributed by atoms with E-state index in [0.717, 1.165) is 30.0 Å². The maximum Gasteiger partial charge on any atom is 0.221 e. The minimum Gasteiger partial charge on any atom is -0.508 e. The molecule has 0 saturated heterocycles. The van der Waals surface area contributed by atoms with Crippen LogP contribution in [0.5, 0.6) is 11.5 Å². The number of nitrogens with one attached hydrogen (secondary N) is 1. The lowest BCUT2D eigenvalue weighted by Gasteiger charge is -2.27. The van der Waals surface area contributed by atoms with Crippen LogP contribution in [-0.2, 0) is 19.5 Å². The molecule has 136 valence electrons. The SMILES string of the molecule is Oc1ccc(O)c(Cn2nnc3ncc(N4CCc5[nH]ncc5C4)nc32)c1. The lowest BCUT2D eigenvalue weighted by atomic mass is 10.1. The summed E-state index contributed by atoms with van der Waals surface area (Å²) in [5, 5.41) is 34.9. The predicted molar refractivity (Wildman–Crippen MR) is 95.3 cm³/mol. The number of rotatable bonds is 3. The Labute approximate surface area is 153 Å². The number of phenols is 2. The fourth-order valence-corrected chi connectivity index (χ4v) is 3.28. The van der Waals surface area contributed by atoms with E-state index in [2.05, 4.69) is 30.4 Å². The molecule has 10 heteroatoms. The first kappa shape index (κ1) is 15.6. The Balaban J connectivity index is 1.49. The van der Waals surface area contributed by atoms with Gasteiger partial charge in [0.2, 0.25) is 5.65 Å². The van der Waals surface area contributed by atoms with Crippen molar-refractivity contribution in [2.24, 2.45) is 0 Å². The minimum absolute atomic E-state index is 0.0724. The average Bonchev–Trinajstić information content (AvgIpc) is 3.30. The van der Waals surface area contributed by atoms with Crippen LogP contribution in [0.4, 0.5) is 5.82 Å². The van der Waals surface area contributed by atoms with Crippen molar-refractivity contribution in [2.45, 2.75) is 19.5 Å². The molecular weight excluding hydrogens is 348 g/mol. The molecule has 1 aliphatic heterocycles. The molecule has 3 aromatic heterocycles. The number of nitrogens with zero attached hydrogens (tertiary/aromatic N) is 7. The van der Waals surface area contributed by atoms with E-state index in [1.165, 1.54) is 18.2 Å². The standard InChI is InChI=1S/C17H16N8O2/c26-12-1-2-14(27)10(5-12)9-25-17-16(22-23-25)18-7-15(20-17)24-4-3-13-11(8-24)6-19-21-13/h1-2,5-7,26-27H,3-4,8-9H2,(H,19,21). The zero-order valence-electron chi connectivity index (χ0n) is 14.2. The molecule has 0 aliphatic carbocycles. The molecule has 0 atom stereocenters. The molecular formula is C17H16N8O2. The number of aromatic amines is 1. The van der Waals surface area contributed by atoms with Gasteiger partial charge in [-0.2, -0.15) is 5.10 Å². The molecule has 1 aliphatic rings. The van der Waals surface area contributed by atoms with Crippen LogP contribution in [0.1, 0.15) is 16.8 Å². The monoisotopic (exact) mass is 364 g/mol. The highest BCUT2D eigenvalue weighted by Crippen LogP contribution is 2.25. The van der Waals surface area contributed by atoms with Crippen molar-refractivity contribution in [3.8, 4) is 11.5 Å². The molecule has 4 heterocycles. The smallest absolute Gasteiger partial charge is 0.221 e. The van der Waals surface area contributed by atoms with Gasteiger partial charge in [-0.25, -0.2) is 14.6 Å². The van der Waals surface area contributed by atoms with Gasteiger partial charge in [-0.05, 0) is 18.2 Å². The number of anilines is 1. The number of aromatic hydroxyl groups is 2. The zero-order chi connectivity index (χ0) is 18.4. The fourth-order valence-electron chi connectivity index (χ4n) is 3.28. The van der Waals surface area contributed by atoms with E-state index in [9.17, 15) is 10.2 Å². The third-order valence-electron chi connectivity index (χ3n) is 4.72. The summed E-state index contributed by atoms with van der Waals surface area (Å²) >= 11 is 0. The Morgan fingerprint density at radius 2 is 2.11 bits per heavy atom. The second-order valence-electron chi connectivity index (χ2n) is 6.48. The molecule has 27 heavy (non-hydrogen) atoms. The van der Waals surface area contributed by atoms with Crippen LogP contribution in [0, 0.1) is 0 Å². The van der Waals surface area contributed by atoms with Crippen LogP contribution in [0.2, 0.25) is 0 Å². The Bertz CT molecular complexity index is 1140. The van der Waals surface area contributed by atoms with E-state index in [1.54, 1.807) is 10.9 Å². The van der Waals surface area contributed by atoms with Gasteiger partial charge in [0.05, 0.1) is 18.9 Å². The molecule has 0 fully saturated rings. The number of aromatic nitrogens is 7. The highest BCUT2D eigenvalue weighted by atomic mass is 16.3. The van der Waals surface area contributed by atoms with Gasteiger partial charge in [-0.1, -0.05) is 5.21 Å². The molecule has 1 aromatic carbocycles. The average molecular weight is 364 g/mol. The molecule has 0 radical (unpaired) electrons. The second-order valence-corrected chi connectivity index (χ2v) is 6.48. The van der Waals surface area contributed by atoms with Gasteiger partial charge in [-0.15, -0.1) is 5.10 Å². The van der Waals surface area contributed by atoms with E-state index in [0.29, 0.717) is 23.4 Å². The van der Waals surface area contributed by atoms with Crippen molar-refractivity contribution in [3.63, 3.8) is 0 Å². The van der Waals surface area contributed by atoms with Crippen molar-refractivity contribution < 1.29 is 10.2 Å². The van der Waals surface area contributed by atoms with E-state index >= 15 is 0 Å². The van der Waals surface area contributed by atoms with Gasteiger partial charge >= 0.3 is 0 Å². The van der Waals surface area contributed by atoms with Gasteiger partial charge in [-0.3, -0.25) is 5.10 Å². The van der Waals surface area contributed by atoms with Crippen LogP contribution in [0.25, 0.3) is 11.3 Å². The topological polar surface area (TPSA) is 129 Å². The molecule has 0 bridgehead atoms. The van der Waals surface area contributed by atoms with Gasteiger partial charge in [0, 0.05) is 36.3 Å². The van der Waals surface area contributed by atoms with Crippen molar-refractivity contribution >= 4 is 17.1 Å². The second kappa shape index (κ2) is 5.94. The molecule has 10 nitrogen and oxygen atoms in total. The van der Waals surface area contributed by atoms with Crippen molar-refractivity contribution in [3.05, 3.63) is 47.4 Å². The maximum absolute atomic E-state index is 10.0. The molecule has 0 unspecified atom stereocenters. The van der Waals surface area contributed by atoms with Gasteiger partial charge in [0.25, 0.3) is 0 Å². The van der Waals surface area contributed by atoms with Crippen molar-refractivity contribution in [2.75, 3.05) is 11.4 Å². The molecule has 0 saturated carbocycles.